The van der Waals surface area contributed by atoms with E-state index < -0.39 is 34.9 Å². The molecule has 1 spiro atoms. The number of likely N-dealkylation sites (tertiary alicyclic amines) is 1. The number of amides is 5. The lowest BCUT2D eigenvalue weighted by Crippen LogP contribution is -2.60. The molecule has 2 aromatic carbocycles. The zero-order valence-electron chi connectivity index (χ0n) is 36.9. The van der Waals surface area contributed by atoms with E-state index in [1.54, 1.807) is 41.2 Å². The minimum atomic E-state index is -1.09. The fourth-order valence-corrected chi connectivity index (χ4v) is 11.2. The van der Waals surface area contributed by atoms with Crippen molar-refractivity contribution < 1.29 is 42.6 Å². The number of hydrogen-bond acceptors (Lipinski definition) is 12. The summed E-state index contributed by atoms with van der Waals surface area (Å²) in [5.41, 5.74) is 1.14. The number of aromatic nitrogens is 2. The maximum atomic E-state index is 15.3. The Kier molecular flexibility index (Phi) is 11.7. The summed E-state index contributed by atoms with van der Waals surface area (Å²) >= 11 is 0. The molecule has 16 nitrogen and oxygen atoms in total. The van der Waals surface area contributed by atoms with E-state index in [9.17, 15) is 29.1 Å². The van der Waals surface area contributed by atoms with Crippen LogP contribution in [-0.2, 0) is 19.2 Å². The van der Waals surface area contributed by atoms with Crippen molar-refractivity contribution >= 4 is 58.4 Å². The normalized spacial score (nSPS) is 24.7. The lowest BCUT2D eigenvalue weighted by Gasteiger charge is -2.50. The second-order valence-corrected chi connectivity index (χ2v) is 18.6. The molecule has 2 aliphatic carbocycles. The summed E-state index contributed by atoms with van der Waals surface area (Å²) in [6, 6.07) is 7.61. The number of piperidine rings is 1. The van der Waals surface area contributed by atoms with Crippen LogP contribution in [0.25, 0.3) is 0 Å². The molecule has 2 unspecified atom stereocenters. The van der Waals surface area contributed by atoms with Gasteiger partial charge in [-0.15, -0.1) is 0 Å². The van der Waals surface area contributed by atoms with Crippen molar-refractivity contribution in [3.8, 4) is 5.75 Å². The number of imide groups is 1. The molecular formula is C47H55F2N9O7. The summed E-state index contributed by atoms with van der Waals surface area (Å²) in [5.74, 6) is -3.46. The number of halogens is 2. The maximum Gasteiger partial charge on any atom is 0.274 e. The average molecular weight is 896 g/mol. The monoisotopic (exact) mass is 895 g/mol. The second-order valence-electron chi connectivity index (χ2n) is 18.6. The summed E-state index contributed by atoms with van der Waals surface area (Å²) in [5, 5.41) is 18.8. The number of carbonyl (C=O) groups is 5. The van der Waals surface area contributed by atoms with Crippen LogP contribution in [0.3, 0.4) is 0 Å². The van der Waals surface area contributed by atoms with Crippen LogP contribution < -0.4 is 35.4 Å². The van der Waals surface area contributed by atoms with Gasteiger partial charge in [-0.05, 0) is 88.6 Å². The number of ether oxygens (including phenoxy) is 1. The van der Waals surface area contributed by atoms with Crippen molar-refractivity contribution in [1.29, 1.82) is 0 Å². The third-order valence-corrected chi connectivity index (χ3v) is 14.5. The van der Waals surface area contributed by atoms with Gasteiger partial charge in [0.15, 0.2) is 5.82 Å². The van der Waals surface area contributed by atoms with Gasteiger partial charge < -0.3 is 40.1 Å². The fourth-order valence-electron chi connectivity index (χ4n) is 11.2. The topological polar surface area (TPSA) is 190 Å². The van der Waals surface area contributed by atoms with Crippen molar-refractivity contribution in [2.24, 2.45) is 11.3 Å². The molecule has 6 aliphatic rings. The summed E-state index contributed by atoms with van der Waals surface area (Å²) < 4.78 is 36.4. The Balaban J connectivity index is 0.826. The van der Waals surface area contributed by atoms with E-state index >= 15 is 8.78 Å². The number of rotatable bonds is 11. The number of likely N-dealkylation sites (N-methyl/N-ethyl adjacent to an activating group) is 1. The molecule has 2 saturated carbocycles. The molecule has 9 rings (SSSR count). The molecule has 65 heavy (non-hydrogen) atoms. The van der Waals surface area contributed by atoms with Gasteiger partial charge in [0.05, 0.1) is 30.8 Å². The average Bonchev–Trinajstić information content (AvgIpc) is 4.07. The highest BCUT2D eigenvalue weighted by Gasteiger charge is 2.56. The number of methoxy groups -OCH3 is 1. The second kappa shape index (κ2) is 17.3. The van der Waals surface area contributed by atoms with Crippen molar-refractivity contribution in [2.75, 3.05) is 67.0 Å². The lowest BCUT2D eigenvalue weighted by molar-refractivity contribution is -0.147. The first-order valence-corrected chi connectivity index (χ1v) is 22.6. The number of aliphatic hydroxyl groups excluding tert-OH is 1. The Morgan fingerprint density at radius 2 is 1.80 bits per heavy atom. The molecule has 5 heterocycles. The SMILES string of the molecule is C/C=C1\C(=O)N(C)c2cnc(Nc3ccc(C(=O)NC4(CCO)CCC5(CN(C(=O)[C@@H]6CCN(c7cc(F)c(C8CCC(=O)NC8=O)c(F)c7)C6)C5)C4)cc3OC)nc2N1C1CCCC1. The number of nitrogens with one attached hydrogen (secondary N) is 3. The van der Waals surface area contributed by atoms with Crippen LogP contribution >= 0.6 is 0 Å². The van der Waals surface area contributed by atoms with Gasteiger partial charge in [-0.2, -0.15) is 4.98 Å². The third-order valence-electron chi connectivity index (χ3n) is 14.5. The molecular weight excluding hydrogens is 841 g/mol. The van der Waals surface area contributed by atoms with Gasteiger partial charge in [0, 0.05) is 80.1 Å². The first kappa shape index (κ1) is 44.1. The van der Waals surface area contributed by atoms with Crippen LogP contribution in [0.1, 0.15) is 99.4 Å². The molecule has 5 amide bonds. The van der Waals surface area contributed by atoms with Gasteiger partial charge in [0.2, 0.25) is 23.7 Å². The molecule has 1 aromatic heterocycles. The smallest absolute Gasteiger partial charge is 0.274 e. The van der Waals surface area contributed by atoms with Gasteiger partial charge in [-0.25, -0.2) is 13.8 Å². The van der Waals surface area contributed by atoms with Crippen molar-refractivity contribution in [3.63, 3.8) is 0 Å². The molecule has 3 saturated heterocycles. The van der Waals surface area contributed by atoms with Gasteiger partial charge in [0.25, 0.3) is 11.8 Å². The first-order valence-electron chi connectivity index (χ1n) is 22.6. The van der Waals surface area contributed by atoms with Crippen LogP contribution in [-0.4, -0.2) is 108 Å². The Bertz CT molecular complexity index is 2450. The predicted molar refractivity (Wildman–Crippen MR) is 237 cm³/mol. The zero-order valence-corrected chi connectivity index (χ0v) is 36.9. The molecule has 5 fully saturated rings. The number of nitrogens with zero attached hydrogens (tertiary/aromatic N) is 6. The maximum absolute atomic E-state index is 15.3. The minimum absolute atomic E-state index is 0.00209. The third kappa shape index (κ3) is 8.14. The Morgan fingerprint density at radius 1 is 1.05 bits per heavy atom. The molecule has 3 aromatic rings. The highest BCUT2D eigenvalue weighted by atomic mass is 19.1. The number of anilines is 5. The number of hydrogen-bond donors (Lipinski definition) is 4. The van der Waals surface area contributed by atoms with Crippen molar-refractivity contribution in [1.82, 2.24) is 25.5 Å². The lowest BCUT2D eigenvalue weighted by atomic mass is 9.75. The van der Waals surface area contributed by atoms with E-state index in [4.69, 9.17) is 9.72 Å². The van der Waals surface area contributed by atoms with E-state index in [-0.39, 0.29) is 66.7 Å². The molecule has 4 N–H and O–H groups in total. The minimum Gasteiger partial charge on any atom is -0.495 e. The number of fused-ring (bicyclic) bond motifs is 1. The highest BCUT2D eigenvalue weighted by Crippen LogP contribution is 2.52. The van der Waals surface area contributed by atoms with Crippen LogP contribution in [0.2, 0.25) is 0 Å². The van der Waals surface area contributed by atoms with E-state index in [0.29, 0.717) is 91.2 Å². The standard InChI is InChI=1S/C47H55F2N9O7/c1-4-35-44(64)55(2)36-22-50-45(53-40(36)58(35)29-7-5-6-8-29)51-34-11-9-27(19-37(34)65-3)41(61)54-47(16-18-59)15-14-46(24-47)25-57(26-46)43(63)28-13-17-56(23-28)30-20-32(48)39(33(49)21-30)31-10-12-38(60)52-42(31)62/h4,9,11,19-22,28-29,31,59H,5-8,10,12-18,23-26H2,1-3H3,(H,54,61)(H,50,51,53)(H,52,60,62)/b35-4+/t28-,31?,47?/m1/s1. The molecule has 344 valence electrons. The molecule has 18 heteroatoms. The number of allylic oxidation sites excluding steroid dienone is 1. The van der Waals surface area contributed by atoms with Crippen LogP contribution in [0.4, 0.5) is 37.6 Å². The fraction of sp³-hybridized carbons (Fsp3) is 0.511. The molecule has 0 radical (unpaired) electrons. The first-order chi connectivity index (χ1) is 31.2. The van der Waals surface area contributed by atoms with Gasteiger partial charge in [-0.1, -0.05) is 18.9 Å². The van der Waals surface area contributed by atoms with Crippen molar-refractivity contribution in [2.45, 2.75) is 95.1 Å². The zero-order chi connectivity index (χ0) is 45.8. The Labute approximate surface area is 375 Å². The quantitative estimate of drug-likeness (QED) is 0.148. The van der Waals surface area contributed by atoms with E-state index in [1.165, 1.54) is 19.2 Å². The number of benzene rings is 2. The molecule has 3 atom stereocenters. The van der Waals surface area contributed by atoms with Gasteiger partial charge in [-0.3, -0.25) is 29.3 Å². The van der Waals surface area contributed by atoms with Crippen LogP contribution in [0.5, 0.6) is 5.75 Å². The summed E-state index contributed by atoms with van der Waals surface area (Å²) in [6.07, 6.45) is 10.4. The highest BCUT2D eigenvalue weighted by molar-refractivity contribution is 6.12. The van der Waals surface area contributed by atoms with E-state index in [2.05, 4.69) is 20.9 Å². The molecule has 0 bridgehead atoms. The van der Waals surface area contributed by atoms with Gasteiger partial charge in [0.1, 0.15) is 28.8 Å². The predicted octanol–water partition coefficient (Wildman–Crippen LogP) is 5.05. The summed E-state index contributed by atoms with van der Waals surface area (Å²) in [6.45, 7) is 3.47. The van der Waals surface area contributed by atoms with E-state index in [1.807, 2.05) is 22.8 Å². The van der Waals surface area contributed by atoms with E-state index in [0.717, 1.165) is 32.1 Å². The van der Waals surface area contributed by atoms with Crippen molar-refractivity contribution in [3.05, 3.63) is 71.1 Å². The summed E-state index contributed by atoms with van der Waals surface area (Å²) in [4.78, 5) is 81.6. The van der Waals surface area contributed by atoms with Crippen LogP contribution in [0.15, 0.2) is 48.3 Å². The largest absolute Gasteiger partial charge is 0.495 e. The number of aliphatic hydroxyl groups is 1. The Morgan fingerprint density at radius 3 is 2.49 bits per heavy atom. The van der Waals surface area contributed by atoms with Gasteiger partial charge >= 0.3 is 0 Å². The Hall–Kier alpha value is -6.17. The molecule has 4 aliphatic heterocycles. The number of carbonyl (C=O) groups excluding carboxylic acids is 5. The summed E-state index contributed by atoms with van der Waals surface area (Å²) in [7, 11) is 3.23. The van der Waals surface area contributed by atoms with Crippen LogP contribution in [0, 0.1) is 23.0 Å².